The van der Waals surface area contributed by atoms with Crippen LogP contribution in [0.4, 0.5) is 0 Å². The van der Waals surface area contributed by atoms with Crippen LogP contribution in [0, 0.1) is 0 Å². The van der Waals surface area contributed by atoms with E-state index in [0.717, 1.165) is 43.1 Å². The molecular weight excluding hydrogens is 559 g/mol. The topological polar surface area (TPSA) is 0 Å². The SMILES string of the molecule is [2H]c1c2ccccc2c(-c2cccc3c2[se]c2cccc(-c4c5ccccc5c([2H])c5ccccc45)c23)c2ccccc12. The molecule has 1 heteroatoms. The predicted octanol–water partition coefficient (Wildman–Crippen LogP) is 11.0. The molecule has 0 aliphatic rings. The molecule has 1 heterocycles. The van der Waals surface area contributed by atoms with Gasteiger partial charge in [-0.15, -0.1) is 0 Å². The molecule has 0 amide bonds. The number of hydrogen-bond acceptors (Lipinski definition) is 0. The molecule has 0 saturated heterocycles. The summed E-state index contributed by atoms with van der Waals surface area (Å²) in [7, 11) is 0. The Hall–Kier alpha value is -4.68. The van der Waals surface area contributed by atoms with Gasteiger partial charge in [0.05, 0.1) is 0 Å². The fourth-order valence-electron chi connectivity index (χ4n) is 6.65. The summed E-state index contributed by atoms with van der Waals surface area (Å²) in [6.07, 6.45) is 0. The molecule has 0 fully saturated rings. The second-order valence-electron chi connectivity index (χ2n) is 10.6. The van der Waals surface area contributed by atoms with Crippen LogP contribution in [0.5, 0.6) is 0 Å². The predicted molar refractivity (Wildman–Crippen MR) is 179 cm³/mol. The molecule has 0 atom stereocenters. The standard InChI is InChI=1S/C40H24Se/c1-5-15-29-25(11-1)23-26-12-2-6-16-30(26)37(29)33-19-10-22-36-39(33)35-21-9-20-34(40(35)41-36)38-31-17-7-3-13-27(31)24-28-14-4-8-18-32(28)38/h1-24H/i23D,24D. The molecule has 0 radical (unpaired) electrons. The average Bonchev–Trinajstić information content (AvgIpc) is 3.45. The van der Waals surface area contributed by atoms with Crippen molar-refractivity contribution in [3.8, 4) is 22.3 Å². The van der Waals surface area contributed by atoms with E-state index in [2.05, 4.69) is 109 Å². The van der Waals surface area contributed by atoms with Gasteiger partial charge in [-0.2, -0.15) is 0 Å². The fourth-order valence-corrected chi connectivity index (χ4v) is 9.27. The number of fused-ring (bicyclic) bond motifs is 7. The molecule has 9 rings (SSSR count). The Balaban J connectivity index is 1.44. The van der Waals surface area contributed by atoms with Crippen molar-refractivity contribution in [2.75, 3.05) is 0 Å². The zero-order valence-electron chi connectivity index (χ0n) is 24.1. The Labute approximate surface area is 246 Å². The molecule has 0 N–H and O–H groups in total. The minimum absolute atomic E-state index is 0.111. The minimum atomic E-state index is 0.111. The van der Waals surface area contributed by atoms with E-state index in [1.807, 2.05) is 24.3 Å². The van der Waals surface area contributed by atoms with Crippen molar-refractivity contribution in [2.24, 2.45) is 0 Å². The summed E-state index contributed by atoms with van der Waals surface area (Å²) in [5.74, 6) is 0. The van der Waals surface area contributed by atoms with Gasteiger partial charge in [0.1, 0.15) is 0 Å². The molecule has 1 aromatic heterocycles. The first-order valence-corrected chi connectivity index (χ1v) is 15.7. The van der Waals surface area contributed by atoms with Crippen LogP contribution < -0.4 is 0 Å². The van der Waals surface area contributed by atoms with Crippen molar-refractivity contribution >= 4 is 76.9 Å². The van der Waals surface area contributed by atoms with E-state index >= 15 is 0 Å². The van der Waals surface area contributed by atoms with Gasteiger partial charge in [-0.1, -0.05) is 0 Å². The maximum atomic E-state index is 9.02. The normalized spacial score (nSPS) is 12.6. The van der Waals surface area contributed by atoms with Gasteiger partial charge in [0, 0.05) is 0 Å². The van der Waals surface area contributed by atoms with E-state index in [4.69, 9.17) is 2.74 Å². The third-order valence-corrected chi connectivity index (χ3v) is 10.9. The molecule has 0 spiro atoms. The van der Waals surface area contributed by atoms with E-state index in [1.54, 1.807) is 0 Å². The monoisotopic (exact) mass is 586 g/mol. The first-order valence-electron chi connectivity index (χ1n) is 15.0. The molecule has 0 aliphatic carbocycles. The van der Waals surface area contributed by atoms with Crippen molar-refractivity contribution in [1.29, 1.82) is 0 Å². The van der Waals surface area contributed by atoms with Crippen LogP contribution in [0.25, 0.3) is 84.6 Å². The summed E-state index contributed by atoms with van der Waals surface area (Å²) in [5.41, 5.74) is 4.94. The van der Waals surface area contributed by atoms with Gasteiger partial charge in [0.15, 0.2) is 0 Å². The Morgan fingerprint density at radius 1 is 0.390 bits per heavy atom. The summed E-state index contributed by atoms with van der Waals surface area (Å²) in [5, 5.41) is 11.1. The number of benzene rings is 8. The molecule has 8 aromatic carbocycles. The Morgan fingerprint density at radius 3 is 1.34 bits per heavy atom. The molecule has 0 aliphatic heterocycles. The van der Waals surface area contributed by atoms with Gasteiger partial charge < -0.3 is 0 Å². The van der Waals surface area contributed by atoms with Crippen molar-refractivity contribution in [3.63, 3.8) is 0 Å². The van der Waals surface area contributed by atoms with Crippen LogP contribution in [-0.4, -0.2) is 14.5 Å². The summed E-state index contributed by atoms with van der Waals surface area (Å²) < 4.78 is 20.8. The zero-order valence-corrected chi connectivity index (χ0v) is 23.8. The maximum absolute atomic E-state index is 9.02. The van der Waals surface area contributed by atoms with Crippen LogP contribution in [0.3, 0.4) is 0 Å². The molecule has 41 heavy (non-hydrogen) atoms. The molecule has 9 aromatic rings. The molecule has 190 valence electrons. The van der Waals surface area contributed by atoms with Crippen LogP contribution in [-0.2, 0) is 0 Å². The first kappa shape index (κ1) is 21.1. The van der Waals surface area contributed by atoms with Gasteiger partial charge in [-0.25, -0.2) is 0 Å². The molecule has 0 nitrogen and oxygen atoms in total. The summed E-state index contributed by atoms with van der Waals surface area (Å²) in [6, 6.07) is 48.3. The fraction of sp³-hybridized carbons (Fsp3) is 0. The van der Waals surface area contributed by atoms with Crippen LogP contribution in [0.2, 0.25) is 0 Å². The number of rotatable bonds is 2. The van der Waals surface area contributed by atoms with Gasteiger partial charge in [0.2, 0.25) is 0 Å². The van der Waals surface area contributed by atoms with Crippen molar-refractivity contribution < 1.29 is 2.74 Å². The molecule has 0 unspecified atom stereocenters. The van der Waals surface area contributed by atoms with Crippen molar-refractivity contribution in [1.82, 2.24) is 0 Å². The van der Waals surface area contributed by atoms with Gasteiger partial charge in [0.25, 0.3) is 0 Å². The van der Waals surface area contributed by atoms with Crippen molar-refractivity contribution in [2.45, 2.75) is 0 Å². The van der Waals surface area contributed by atoms with Crippen LogP contribution in [0.15, 0.2) is 146 Å². The van der Waals surface area contributed by atoms with Gasteiger partial charge >= 0.3 is 247 Å². The molecule has 0 bridgehead atoms. The van der Waals surface area contributed by atoms with E-state index in [0.29, 0.717) is 12.1 Å². The summed E-state index contributed by atoms with van der Waals surface area (Å²) >= 11 is 0.111. The second kappa shape index (κ2) is 8.91. The number of hydrogen-bond donors (Lipinski definition) is 0. The van der Waals surface area contributed by atoms with E-state index < -0.39 is 0 Å². The van der Waals surface area contributed by atoms with E-state index in [-0.39, 0.29) is 14.5 Å². The van der Waals surface area contributed by atoms with Crippen molar-refractivity contribution in [3.05, 3.63) is 146 Å². The van der Waals surface area contributed by atoms with E-state index in [1.165, 1.54) is 41.5 Å². The Kier molecular flexibility index (Phi) is 4.59. The molecule has 0 saturated carbocycles. The third-order valence-electron chi connectivity index (χ3n) is 8.39. The quantitative estimate of drug-likeness (QED) is 0.140. The summed E-state index contributed by atoms with van der Waals surface area (Å²) in [4.78, 5) is 0. The average molecular weight is 586 g/mol. The van der Waals surface area contributed by atoms with Gasteiger partial charge in [-0.3, -0.25) is 0 Å². The van der Waals surface area contributed by atoms with Crippen LogP contribution in [0.1, 0.15) is 2.74 Å². The summed E-state index contributed by atoms with van der Waals surface area (Å²) in [6.45, 7) is 0. The zero-order chi connectivity index (χ0) is 28.7. The first-order chi connectivity index (χ1) is 21.2. The third kappa shape index (κ3) is 3.40. The Bertz CT molecular complexity index is 2480. The Morgan fingerprint density at radius 2 is 0.805 bits per heavy atom. The van der Waals surface area contributed by atoms with Gasteiger partial charge in [-0.05, 0) is 0 Å². The van der Waals surface area contributed by atoms with Crippen LogP contribution >= 0.6 is 0 Å². The second-order valence-corrected chi connectivity index (χ2v) is 12.9. The molecular formula is C40H24Se. The van der Waals surface area contributed by atoms with E-state index in [9.17, 15) is 0 Å².